The van der Waals surface area contributed by atoms with Crippen LogP contribution in [-0.2, 0) is 0 Å². The second-order valence-electron chi connectivity index (χ2n) is 10.9. The van der Waals surface area contributed by atoms with Gasteiger partial charge in [0.2, 0.25) is 0 Å². The maximum Gasteiger partial charge on any atom is 0.187 e. The van der Waals surface area contributed by atoms with Gasteiger partial charge in [-0.15, -0.1) is 10.2 Å². The van der Waals surface area contributed by atoms with Gasteiger partial charge in [-0.1, -0.05) is 38.1 Å². The number of nitrogens with zero attached hydrogens (tertiary/aromatic N) is 5. The lowest BCUT2D eigenvalue weighted by molar-refractivity contribution is 0.246. The summed E-state index contributed by atoms with van der Waals surface area (Å²) in [5.74, 6) is 3.90. The molecule has 1 aromatic carbocycles. The van der Waals surface area contributed by atoms with E-state index in [2.05, 4.69) is 70.7 Å². The molecule has 0 spiro atoms. The van der Waals surface area contributed by atoms with Crippen LogP contribution in [0.2, 0.25) is 0 Å². The van der Waals surface area contributed by atoms with E-state index in [-0.39, 0.29) is 0 Å². The Morgan fingerprint density at radius 2 is 1.86 bits per heavy atom. The first kappa shape index (κ1) is 22.5. The van der Waals surface area contributed by atoms with Gasteiger partial charge >= 0.3 is 0 Å². The molecule has 1 saturated heterocycles. The number of likely N-dealkylation sites (tertiary alicyclic amines) is 1. The summed E-state index contributed by atoms with van der Waals surface area (Å²) < 4.78 is 8.22. The van der Waals surface area contributed by atoms with E-state index in [9.17, 15) is 0 Å². The summed E-state index contributed by atoms with van der Waals surface area (Å²) >= 11 is 0. The Hall–Kier alpha value is -2.99. The highest BCUT2D eigenvalue weighted by atomic mass is 16.5. The second kappa shape index (κ2) is 9.23. The van der Waals surface area contributed by atoms with Crippen LogP contribution in [-0.4, -0.2) is 44.2 Å². The minimum absolute atomic E-state index is 0.360. The molecule has 2 fully saturated rings. The van der Waals surface area contributed by atoms with Crippen LogP contribution in [0.1, 0.15) is 58.1 Å². The number of pyridine rings is 2. The minimum Gasteiger partial charge on any atom is -0.491 e. The zero-order chi connectivity index (χ0) is 23.9. The third-order valence-corrected chi connectivity index (χ3v) is 7.66. The van der Waals surface area contributed by atoms with Crippen molar-refractivity contribution in [2.45, 2.75) is 52.5 Å². The number of fused-ring (bicyclic) bond motifs is 2. The van der Waals surface area contributed by atoms with Crippen LogP contribution >= 0.6 is 0 Å². The summed E-state index contributed by atoms with van der Waals surface area (Å²) in [5, 5.41) is 10.0. The van der Waals surface area contributed by atoms with E-state index < -0.39 is 0 Å². The van der Waals surface area contributed by atoms with Crippen LogP contribution in [0.5, 0.6) is 5.75 Å². The third-order valence-electron chi connectivity index (χ3n) is 7.66. The average Bonchev–Trinajstić information content (AvgIpc) is 3.42. The molecule has 0 N–H and O–H groups in total. The van der Waals surface area contributed by atoms with Crippen molar-refractivity contribution in [2.75, 3.05) is 19.7 Å². The van der Waals surface area contributed by atoms with E-state index in [4.69, 9.17) is 9.72 Å². The Morgan fingerprint density at radius 1 is 0.971 bits per heavy atom. The van der Waals surface area contributed by atoms with Gasteiger partial charge < -0.3 is 4.74 Å². The lowest BCUT2D eigenvalue weighted by Gasteiger charge is -2.25. The van der Waals surface area contributed by atoms with Crippen molar-refractivity contribution >= 4 is 16.6 Å². The number of benzene rings is 1. The first-order valence-corrected chi connectivity index (χ1v) is 13.2. The summed E-state index contributed by atoms with van der Waals surface area (Å²) in [6, 6.07) is 14.9. The molecule has 1 aliphatic heterocycles. The molecule has 6 nitrogen and oxygen atoms in total. The van der Waals surface area contributed by atoms with Crippen LogP contribution in [0.3, 0.4) is 0 Å². The number of hydrogen-bond donors (Lipinski definition) is 0. The Bertz CT molecular complexity index is 1340. The van der Waals surface area contributed by atoms with E-state index in [0.29, 0.717) is 12.0 Å². The van der Waals surface area contributed by atoms with Gasteiger partial charge in [0, 0.05) is 24.2 Å². The fraction of sp³-hybridized carbons (Fsp3) is 0.483. The molecule has 3 aromatic heterocycles. The average molecular weight is 470 g/mol. The van der Waals surface area contributed by atoms with E-state index in [1.807, 2.05) is 18.2 Å². The van der Waals surface area contributed by atoms with E-state index in [1.54, 1.807) is 0 Å². The first-order chi connectivity index (χ1) is 17.0. The zero-order valence-electron chi connectivity index (χ0n) is 21.0. The summed E-state index contributed by atoms with van der Waals surface area (Å²) in [7, 11) is 0. The number of para-hydroxylation sites is 1. The lowest BCUT2D eigenvalue weighted by Crippen LogP contribution is -2.25. The highest BCUT2D eigenvalue weighted by molar-refractivity contribution is 5.86. The fourth-order valence-electron chi connectivity index (χ4n) is 5.47. The van der Waals surface area contributed by atoms with Crippen LogP contribution in [0.15, 0.2) is 48.7 Å². The van der Waals surface area contributed by atoms with Gasteiger partial charge in [-0.2, -0.15) is 0 Å². The topological polar surface area (TPSA) is 55.5 Å². The van der Waals surface area contributed by atoms with Crippen molar-refractivity contribution in [3.63, 3.8) is 0 Å². The van der Waals surface area contributed by atoms with Crippen LogP contribution in [0, 0.1) is 17.8 Å². The van der Waals surface area contributed by atoms with Gasteiger partial charge in [0.1, 0.15) is 17.0 Å². The molecule has 6 heteroatoms. The van der Waals surface area contributed by atoms with Crippen molar-refractivity contribution in [2.24, 2.45) is 17.8 Å². The molecule has 1 saturated carbocycles. The maximum atomic E-state index is 6.13. The van der Waals surface area contributed by atoms with E-state index >= 15 is 0 Å². The predicted molar refractivity (Wildman–Crippen MR) is 139 cm³/mol. The SMILES string of the molecule is CC(C)C[C@H]1CCN(C(C)c2ccc3nnc(-c4ccc5cccc(OCC6CC6)c5n4)n3c2)C1. The largest absolute Gasteiger partial charge is 0.491 e. The molecule has 1 unspecified atom stereocenters. The summed E-state index contributed by atoms with van der Waals surface area (Å²) in [5.41, 5.74) is 3.84. The monoisotopic (exact) mass is 469 g/mol. The number of hydrogen-bond acceptors (Lipinski definition) is 5. The van der Waals surface area contributed by atoms with Crippen molar-refractivity contribution in [3.8, 4) is 17.3 Å². The standard InChI is InChI=1S/C29H35N5O/c1-19(2)15-22-13-14-33(16-22)20(3)24-10-12-27-31-32-29(34(27)17-24)25-11-9-23-5-4-6-26(28(23)30-25)35-18-21-7-8-21/h4-6,9-12,17,19-22H,7-8,13-16,18H2,1-3H3/t20?,22-/m1/s1. The molecule has 1 aliphatic carbocycles. The highest BCUT2D eigenvalue weighted by Crippen LogP contribution is 2.33. The molecular weight excluding hydrogens is 434 g/mol. The van der Waals surface area contributed by atoms with Gasteiger partial charge in [0.15, 0.2) is 11.5 Å². The van der Waals surface area contributed by atoms with Crippen molar-refractivity contribution < 1.29 is 4.74 Å². The first-order valence-electron chi connectivity index (χ1n) is 13.2. The third kappa shape index (κ3) is 4.64. The number of rotatable bonds is 8. The maximum absolute atomic E-state index is 6.13. The lowest BCUT2D eigenvalue weighted by atomic mass is 9.96. The highest BCUT2D eigenvalue weighted by Gasteiger charge is 2.27. The van der Waals surface area contributed by atoms with Crippen LogP contribution in [0.25, 0.3) is 28.1 Å². The van der Waals surface area contributed by atoms with Gasteiger partial charge in [-0.3, -0.25) is 9.30 Å². The molecule has 4 heterocycles. The Morgan fingerprint density at radius 3 is 2.69 bits per heavy atom. The molecule has 2 aliphatic rings. The Kier molecular flexibility index (Phi) is 5.93. The summed E-state index contributed by atoms with van der Waals surface area (Å²) in [4.78, 5) is 7.62. The smallest absolute Gasteiger partial charge is 0.187 e. The molecule has 182 valence electrons. The van der Waals surface area contributed by atoms with Crippen molar-refractivity contribution in [1.82, 2.24) is 24.5 Å². The number of ether oxygens (including phenoxy) is 1. The molecular formula is C29H35N5O. The molecule has 6 rings (SSSR count). The molecule has 35 heavy (non-hydrogen) atoms. The van der Waals surface area contributed by atoms with Crippen LogP contribution in [0.4, 0.5) is 0 Å². The molecule has 0 amide bonds. The minimum atomic E-state index is 0.360. The quantitative estimate of drug-likeness (QED) is 0.309. The molecule has 0 radical (unpaired) electrons. The fourth-order valence-corrected chi connectivity index (χ4v) is 5.47. The molecule has 4 aromatic rings. The van der Waals surface area contributed by atoms with Gasteiger partial charge in [-0.25, -0.2) is 4.98 Å². The molecule has 0 bridgehead atoms. The Labute approximate surface area is 207 Å². The van der Waals surface area contributed by atoms with Gasteiger partial charge in [0.25, 0.3) is 0 Å². The predicted octanol–water partition coefficient (Wildman–Crippen LogP) is 6.16. The van der Waals surface area contributed by atoms with Gasteiger partial charge in [-0.05, 0) is 80.7 Å². The molecule has 2 atom stereocenters. The van der Waals surface area contributed by atoms with Crippen LogP contribution < -0.4 is 4.74 Å². The van der Waals surface area contributed by atoms with Crippen molar-refractivity contribution in [1.29, 1.82) is 0 Å². The summed E-state index contributed by atoms with van der Waals surface area (Å²) in [6.45, 7) is 10.1. The van der Waals surface area contributed by atoms with Gasteiger partial charge in [0.05, 0.1) is 6.61 Å². The van der Waals surface area contributed by atoms with E-state index in [1.165, 1.54) is 44.3 Å². The van der Waals surface area contributed by atoms with Crippen molar-refractivity contribution in [3.05, 3.63) is 54.2 Å². The zero-order valence-corrected chi connectivity index (χ0v) is 21.0. The summed E-state index contributed by atoms with van der Waals surface area (Å²) in [6.07, 6.45) is 7.36. The normalized spacial score (nSPS) is 19.7. The Balaban J connectivity index is 1.30. The second-order valence-corrected chi connectivity index (χ2v) is 10.9. The number of aromatic nitrogens is 4. The van der Waals surface area contributed by atoms with E-state index in [0.717, 1.165) is 52.3 Å².